The molecule has 1 aliphatic rings. The fraction of sp³-hybridized carbons (Fsp3) is 0.381. The Labute approximate surface area is 165 Å². The lowest BCUT2D eigenvalue weighted by Gasteiger charge is -2.26. The molecule has 5 nitrogen and oxygen atoms in total. The van der Waals surface area contributed by atoms with Crippen molar-refractivity contribution in [2.24, 2.45) is 0 Å². The van der Waals surface area contributed by atoms with E-state index in [1.54, 1.807) is 26.4 Å². The van der Waals surface area contributed by atoms with Gasteiger partial charge in [0.1, 0.15) is 11.5 Å². The molecule has 0 spiro atoms. The van der Waals surface area contributed by atoms with E-state index in [0.29, 0.717) is 23.7 Å². The molecule has 2 aromatic rings. The van der Waals surface area contributed by atoms with Crippen LogP contribution in [-0.2, 0) is 4.79 Å². The van der Waals surface area contributed by atoms with Crippen molar-refractivity contribution in [1.29, 1.82) is 0 Å². The van der Waals surface area contributed by atoms with Gasteiger partial charge in [0, 0.05) is 24.6 Å². The maximum Gasteiger partial charge on any atom is 0.225 e. The van der Waals surface area contributed by atoms with E-state index in [0.717, 1.165) is 36.4 Å². The number of likely N-dealkylation sites (tertiary alicyclic amines) is 1. The highest BCUT2D eigenvalue weighted by molar-refractivity contribution is 6.33. The van der Waals surface area contributed by atoms with Crippen molar-refractivity contribution < 1.29 is 14.3 Å². The number of benzene rings is 2. The zero-order chi connectivity index (χ0) is 19.2. The second-order valence-electron chi connectivity index (χ2n) is 6.58. The smallest absolute Gasteiger partial charge is 0.225 e. The number of rotatable bonds is 7. The number of para-hydroxylation sites is 1. The lowest BCUT2D eigenvalue weighted by molar-refractivity contribution is -0.116. The van der Waals surface area contributed by atoms with Gasteiger partial charge in [0.25, 0.3) is 0 Å². The number of hydrogen-bond acceptors (Lipinski definition) is 4. The Hall–Kier alpha value is -2.24. The predicted octanol–water partition coefficient (Wildman–Crippen LogP) is 4.52. The highest BCUT2D eigenvalue weighted by Crippen LogP contribution is 2.38. The first-order chi connectivity index (χ1) is 13.1. The van der Waals surface area contributed by atoms with Crippen LogP contribution in [-0.4, -0.2) is 38.1 Å². The Morgan fingerprint density at radius 1 is 1.22 bits per heavy atom. The van der Waals surface area contributed by atoms with Crippen LogP contribution >= 0.6 is 11.6 Å². The summed E-state index contributed by atoms with van der Waals surface area (Å²) in [4.78, 5) is 14.7. The summed E-state index contributed by atoms with van der Waals surface area (Å²) < 4.78 is 10.9. The first-order valence-corrected chi connectivity index (χ1v) is 9.50. The lowest BCUT2D eigenvalue weighted by Crippen LogP contribution is -2.28. The second-order valence-corrected chi connectivity index (χ2v) is 6.99. The number of amides is 1. The van der Waals surface area contributed by atoms with Crippen LogP contribution in [0.2, 0.25) is 5.02 Å². The van der Waals surface area contributed by atoms with Gasteiger partial charge in [-0.25, -0.2) is 0 Å². The van der Waals surface area contributed by atoms with Crippen LogP contribution in [0.1, 0.15) is 30.9 Å². The zero-order valence-electron chi connectivity index (χ0n) is 15.7. The zero-order valence-corrected chi connectivity index (χ0v) is 16.5. The quantitative estimate of drug-likeness (QED) is 0.757. The molecular formula is C21H25ClN2O3. The van der Waals surface area contributed by atoms with E-state index < -0.39 is 0 Å². The molecule has 0 aromatic heterocycles. The van der Waals surface area contributed by atoms with Crippen molar-refractivity contribution in [3.05, 3.63) is 53.1 Å². The van der Waals surface area contributed by atoms with E-state index in [4.69, 9.17) is 21.1 Å². The fourth-order valence-electron chi connectivity index (χ4n) is 3.57. The topological polar surface area (TPSA) is 50.8 Å². The van der Waals surface area contributed by atoms with E-state index in [-0.39, 0.29) is 11.9 Å². The Morgan fingerprint density at radius 2 is 2.04 bits per heavy atom. The van der Waals surface area contributed by atoms with E-state index >= 15 is 0 Å². The summed E-state index contributed by atoms with van der Waals surface area (Å²) in [6.45, 7) is 1.64. The fourth-order valence-corrected chi connectivity index (χ4v) is 3.75. The molecule has 1 amide bonds. The number of carbonyl (C=O) groups is 1. The molecular weight excluding hydrogens is 364 g/mol. The van der Waals surface area contributed by atoms with Gasteiger partial charge in [-0.2, -0.15) is 0 Å². The summed E-state index contributed by atoms with van der Waals surface area (Å²) >= 11 is 6.11. The van der Waals surface area contributed by atoms with Crippen LogP contribution in [0.4, 0.5) is 5.69 Å². The Morgan fingerprint density at radius 3 is 2.78 bits per heavy atom. The summed E-state index contributed by atoms with van der Waals surface area (Å²) in [5, 5.41) is 3.43. The van der Waals surface area contributed by atoms with Crippen LogP contribution < -0.4 is 14.8 Å². The molecule has 1 N–H and O–H groups in total. The van der Waals surface area contributed by atoms with Gasteiger partial charge in [0.05, 0.1) is 24.9 Å². The largest absolute Gasteiger partial charge is 0.497 e. The van der Waals surface area contributed by atoms with Crippen molar-refractivity contribution in [2.75, 3.05) is 32.6 Å². The van der Waals surface area contributed by atoms with Crippen molar-refractivity contribution in [3.63, 3.8) is 0 Å². The third kappa shape index (κ3) is 4.73. The molecule has 1 unspecified atom stereocenters. The molecule has 1 heterocycles. The number of ether oxygens (including phenoxy) is 2. The van der Waals surface area contributed by atoms with Gasteiger partial charge in [-0.1, -0.05) is 23.7 Å². The standard InChI is InChI=1S/C21H25ClN2O3/c1-26-15-9-10-20(27-2)16(14-15)19-8-5-12-24(19)13-11-21(25)23-18-7-4-3-6-17(18)22/h3-4,6-7,9-10,14,19H,5,8,11-13H2,1-2H3,(H,23,25). The molecule has 27 heavy (non-hydrogen) atoms. The van der Waals surface area contributed by atoms with Crippen molar-refractivity contribution in [3.8, 4) is 11.5 Å². The third-order valence-electron chi connectivity index (χ3n) is 4.93. The van der Waals surface area contributed by atoms with Gasteiger partial charge in [-0.3, -0.25) is 9.69 Å². The highest BCUT2D eigenvalue weighted by Gasteiger charge is 2.29. The predicted molar refractivity (Wildman–Crippen MR) is 108 cm³/mol. The highest BCUT2D eigenvalue weighted by atomic mass is 35.5. The molecule has 144 valence electrons. The molecule has 6 heteroatoms. The van der Waals surface area contributed by atoms with Crippen molar-refractivity contribution in [1.82, 2.24) is 4.90 Å². The van der Waals surface area contributed by atoms with E-state index in [2.05, 4.69) is 10.2 Å². The summed E-state index contributed by atoms with van der Waals surface area (Å²) in [6.07, 6.45) is 2.54. The number of carbonyl (C=O) groups excluding carboxylic acids is 1. The maximum atomic E-state index is 12.3. The summed E-state index contributed by atoms with van der Waals surface area (Å²) in [7, 11) is 3.35. The second kappa shape index (κ2) is 9.11. The number of hydrogen-bond donors (Lipinski definition) is 1. The minimum atomic E-state index is -0.0358. The first kappa shape index (κ1) is 19.5. The SMILES string of the molecule is COc1ccc(OC)c(C2CCCN2CCC(=O)Nc2ccccc2Cl)c1. The van der Waals surface area contributed by atoms with Crippen LogP contribution in [0.5, 0.6) is 11.5 Å². The molecule has 1 saturated heterocycles. The van der Waals surface area contributed by atoms with Crippen LogP contribution in [0.25, 0.3) is 0 Å². The monoisotopic (exact) mass is 388 g/mol. The van der Waals surface area contributed by atoms with E-state index in [9.17, 15) is 4.79 Å². The molecule has 0 radical (unpaired) electrons. The normalized spacial score (nSPS) is 16.9. The van der Waals surface area contributed by atoms with Crippen LogP contribution in [0, 0.1) is 0 Å². The molecule has 2 aromatic carbocycles. The summed E-state index contributed by atoms with van der Waals surface area (Å²) in [5.41, 5.74) is 1.76. The average Bonchev–Trinajstić information content (AvgIpc) is 3.16. The van der Waals surface area contributed by atoms with E-state index in [1.807, 2.05) is 30.3 Å². The van der Waals surface area contributed by atoms with Gasteiger partial charge >= 0.3 is 0 Å². The molecule has 0 bridgehead atoms. The van der Waals surface area contributed by atoms with Gasteiger partial charge in [0.2, 0.25) is 5.91 Å². The summed E-state index contributed by atoms with van der Waals surface area (Å²) in [6, 6.07) is 13.4. The minimum absolute atomic E-state index is 0.0358. The van der Waals surface area contributed by atoms with Gasteiger partial charge in [-0.15, -0.1) is 0 Å². The molecule has 0 aliphatic carbocycles. The Balaban J connectivity index is 1.65. The number of nitrogens with one attached hydrogen (secondary N) is 1. The van der Waals surface area contributed by atoms with Gasteiger partial charge < -0.3 is 14.8 Å². The molecule has 1 aliphatic heterocycles. The Kier molecular flexibility index (Phi) is 6.58. The number of nitrogens with zero attached hydrogens (tertiary/aromatic N) is 1. The van der Waals surface area contributed by atoms with E-state index in [1.165, 1.54) is 0 Å². The molecule has 1 atom stereocenters. The Bertz CT molecular complexity index is 797. The lowest BCUT2D eigenvalue weighted by atomic mass is 10.0. The van der Waals surface area contributed by atoms with Crippen molar-refractivity contribution in [2.45, 2.75) is 25.3 Å². The van der Waals surface area contributed by atoms with Gasteiger partial charge in [0.15, 0.2) is 0 Å². The number of anilines is 1. The average molecular weight is 389 g/mol. The number of methoxy groups -OCH3 is 2. The first-order valence-electron chi connectivity index (χ1n) is 9.12. The van der Waals surface area contributed by atoms with Gasteiger partial charge in [-0.05, 0) is 49.7 Å². The molecule has 0 saturated carbocycles. The maximum absolute atomic E-state index is 12.3. The number of halogens is 1. The van der Waals surface area contributed by atoms with Crippen LogP contribution in [0.3, 0.4) is 0 Å². The molecule has 3 rings (SSSR count). The van der Waals surface area contributed by atoms with Crippen LogP contribution in [0.15, 0.2) is 42.5 Å². The minimum Gasteiger partial charge on any atom is -0.497 e. The summed E-state index contributed by atoms with van der Waals surface area (Å²) in [5.74, 6) is 1.63. The molecule has 1 fully saturated rings. The van der Waals surface area contributed by atoms with Crippen molar-refractivity contribution >= 4 is 23.2 Å². The third-order valence-corrected chi connectivity index (χ3v) is 5.26.